The lowest BCUT2D eigenvalue weighted by Gasteiger charge is -2.35. The fourth-order valence-corrected chi connectivity index (χ4v) is 2.48. The minimum Gasteiger partial charge on any atom is -0.367 e. The molecule has 4 nitrogen and oxygen atoms in total. The summed E-state index contributed by atoms with van der Waals surface area (Å²) in [6, 6.07) is 0. The largest absolute Gasteiger partial charge is 0.367 e. The van der Waals surface area contributed by atoms with Gasteiger partial charge in [-0.1, -0.05) is 13.8 Å². The van der Waals surface area contributed by atoms with Crippen LogP contribution in [0.15, 0.2) is 0 Å². The molecule has 2 N–H and O–H groups in total. The quantitative estimate of drug-likeness (QED) is 0.612. The Morgan fingerprint density at radius 3 is 2.38 bits per heavy atom. The first-order valence-corrected chi connectivity index (χ1v) is 4.66. The highest BCUT2D eigenvalue weighted by Crippen LogP contribution is 2.57. The Morgan fingerprint density at radius 2 is 1.85 bits per heavy atom. The fourth-order valence-electron chi connectivity index (χ4n) is 2.48. The van der Waals surface area contributed by atoms with Crippen LogP contribution in [0.3, 0.4) is 0 Å². The van der Waals surface area contributed by atoms with Gasteiger partial charge in [-0.25, -0.2) is 0 Å². The number of fused-ring (bicyclic) bond motifs is 1. The molecular weight excluding hydrogens is 172 g/mol. The summed E-state index contributed by atoms with van der Waals surface area (Å²) >= 11 is 0. The third kappa shape index (κ3) is 0.892. The predicted octanol–water partition coefficient (Wildman–Crippen LogP) is 0.0863. The van der Waals surface area contributed by atoms with Crippen LogP contribution in [0.1, 0.15) is 20.3 Å². The highest BCUT2D eigenvalue weighted by Gasteiger charge is 2.65. The van der Waals surface area contributed by atoms with Gasteiger partial charge in [-0.2, -0.15) is 0 Å². The third-order valence-corrected chi connectivity index (χ3v) is 3.83. The van der Waals surface area contributed by atoms with Gasteiger partial charge >= 0.3 is 0 Å². The highest BCUT2D eigenvalue weighted by molar-refractivity contribution is 5.06. The Balaban J connectivity index is 2.38. The summed E-state index contributed by atoms with van der Waals surface area (Å²) in [5, 5.41) is 19.4. The maximum atomic E-state index is 9.72. The van der Waals surface area contributed by atoms with Crippen LogP contribution < -0.4 is 0 Å². The summed E-state index contributed by atoms with van der Waals surface area (Å²) in [5.41, 5.74) is -0.881. The molecule has 0 amide bonds. The van der Waals surface area contributed by atoms with E-state index < -0.39 is 23.4 Å². The molecule has 2 saturated heterocycles. The third-order valence-electron chi connectivity index (χ3n) is 3.83. The number of aliphatic hydroxyl groups excluding tert-OH is 2. The Labute approximate surface area is 77.5 Å². The molecule has 0 spiro atoms. The van der Waals surface area contributed by atoms with Gasteiger partial charge in [-0.3, -0.25) is 0 Å². The van der Waals surface area contributed by atoms with Crippen molar-refractivity contribution in [3.05, 3.63) is 0 Å². The van der Waals surface area contributed by atoms with Crippen LogP contribution in [0.5, 0.6) is 0 Å². The molecule has 2 rings (SSSR count). The highest BCUT2D eigenvalue weighted by atomic mass is 16.6. The van der Waals surface area contributed by atoms with Gasteiger partial charge in [-0.15, -0.1) is 0 Å². The van der Waals surface area contributed by atoms with Gasteiger partial charge in [0.2, 0.25) is 0 Å². The SMILES string of the molecule is CC[C@@]12COC(O)C1(C)COC2O. The first-order chi connectivity index (χ1) is 6.07. The molecule has 0 radical (unpaired) electrons. The summed E-state index contributed by atoms with van der Waals surface area (Å²) in [6.45, 7) is 4.63. The number of hydrogen-bond donors (Lipinski definition) is 2. The molecule has 3 unspecified atom stereocenters. The monoisotopic (exact) mass is 188 g/mol. The minimum absolute atomic E-state index is 0.364. The second-order valence-corrected chi connectivity index (χ2v) is 4.25. The Hall–Kier alpha value is -0.160. The van der Waals surface area contributed by atoms with E-state index in [1.165, 1.54) is 0 Å². The van der Waals surface area contributed by atoms with Gasteiger partial charge in [0.1, 0.15) is 0 Å². The topological polar surface area (TPSA) is 58.9 Å². The Morgan fingerprint density at radius 1 is 1.23 bits per heavy atom. The van der Waals surface area contributed by atoms with Crippen molar-refractivity contribution in [3.8, 4) is 0 Å². The average molecular weight is 188 g/mol. The van der Waals surface area contributed by atoms with Crippen LogP contribution in [0.4, 0.5) is 0 Å². The zero-order valence-electron chi connectivity index (χ0n) is 7.99. The van der Waals surface area contributed by atoms with Crippen molar-refractivity contribution in [2.24, 2.45) is 10.8 Å². The van der Waals surface area contributed by atoms with E-state index in [0.29, 0.717) is 13.2 Å². The van der Waals surface area contributed by atoms with Gasteiger partial charge in [-0.05, 0) is 6.42 Å². The van der Waals surface area contributed by atoms with Gasteiger partial charge in [0, 0.05) is 0 Å². The smallest absolute Gasteiger partial charge is 0.163 e. The standard InChI is InChI=1S/C9H16O4/c1-3-9-5-13-6(10)8(9,2)4-12-7(9)11/h6-7,10-11H,3-5H2,1-2H3/t6?,7?,8?,9-/m0/s1. The van der Waals surface area contributed by atoms with Gasteiger partial charge in [0.15, 0.2) is 12.6 Å². The maximum Gasteiger partial charge on any atom is 0.163 e. The first-order valence-electron chi connectivity index (χ1n) is 4.66. The summed E-state index contributed by atoms with van der Waals surface area (Å²) < 4.78 is 10.4. The van der Waals surface area contributed by atoms with Crippen LogP contribution in [0.2, 0.25) is 0 Å². The molecule has 0 bridgehead atoms. The molecule has 2 heterocycles. The van der Waals surface area contributed by atoms with Crippen molar-refractivity contribution < 1.29 is 19.7 Å². The predicted molar refractivity (Wildman–Crippen MR) is 44.7 cm³/mol. The molecule has 2 aliphatic rings. The van der Waals surface area contributed by atoms with Crippen LogP contribution in [0.25, 0.3) is 0 Å². The van der Waals surface area contributed by atoms with E-state index in [1.807, 2.05) is 13.8 Å². The minimum atomic E-state index is -0.815. The first kappa shape index (κ1) is 9.40. The normalized spacial score (nSPS) is 55.4. The van der Waals surface area contributed by atoms with Crippen LogP contribution in [-0.4, -0.2) is 36.0 Å². The number of ether oxygens (including phenoxy) is 2. The molecular formula is C9H16O4. The number of aliphatic hydroxyl groups is 2. The average Bonchev–Trinajstić information content (AvgIpc) is 2.52. The lowest BCUT2D eigenvalue weighted by molar-refractivity contribution is -0.145. The van der Waals surface area contributed by atoms with E-state index in [-0.39, 0.29) is 0 Å². The van der Waals surface area contributed by atoms with Gasteiger partial charge < -0.3 is 19.7 Å². The van der Waals surface area contributed by atoms with E-state index in [1.54, 1.807) is 0 Å². The van der Waals surface area contributed by atoms with Crippen molar-refractivity contribution in [3.63, 3.8) is 0 Å². The molecule has 0 aromatic carbocycles. The van der Waals surface area contributed by atoms with Crippen LogP contribution >= 0.6 is 0 Å². The molecule has 0 aromatic rings. The van der Waals surface area contributed by atoms with E-state index in [9.17, 15) is 10.2 Å². The van der Waals surface area contributed by atoms with Crippen molar-refractivity contribution in [2.75, 3.05) is 13.2 Å². The van der Waals surface area contributed by atoms with E-state index >= 15 is 0 Å². The van der Waals surface area contributed by atoms with Crippen molar-refractivity contribution in [2.45, 2.75) is 32.8 Å². The second kappa shape index (κ2) is 2.67. The lowest BCUT2D eigenvalue weighted by atomic mass is 9.66. The van der Waals surface area contributed by atoms with Crippen molar-refractivity contribution >= 4 is 0 Å². The molecule has 4 atom stereocenters. The molecule has 0 saturated carbocycles. The fraction of sp³-hybridized carbons (Fsp3) is 1.00. The maximum absolute atomic E-state index is 9.72. The van der Waals surface area contributed by atoms with E-state index in [2.05, 4.69) is 0 Å². The summed E-state index contributed by atoms with van der Waals surface area (Å²) in [4.78, 5) is 0. The number of rotatable bonds is 1. The molecule has 2 aliphatic heterocycles. The van der Waals surface area contributed by atoms with E-state index in [4.69, 9.17) is 9.47 Å². The number of hydrogen-bond acceptors (Lipinski definition) is 4. The van der Waals surface area contributed by atoms with Crippen LogP contribution in [0, 0.1) is 10.8 Å². The summed E-state index contributed by atoms with van der Waals surface area (Å²) in [5.74, 6) is 0. The molecule has 0 aromatic heterocycles. The second-order valence-electron chi connectivity index (χ2n) is 4.25. The lowest BCUT2D eigenvalue weighted by Crippen LogP contribution is -2.44. The van der Waals surface area contributed by atoms with Crippen LogP contribution in [-0.2, 0) is 9.47 Å². The van der Waals surface area contributed by atoms with Crippen molar-refractivity contribution in [1.29, 1.82) is 0 Å². The zero-order valence-corrected chi connectivity index (χ0v) is 7.99. The molecule has 2 fully saturated rings. The molecule has 13 heavy (non-hydrogen) atoms. The van der Waals surface area contributed by atoms with Gasteiger partial charge in [0.25, 0.3) is 0 Å². The zero-order chi connectivity index (χ0) is 9.69. The summed E-state index contributed by atoms with van der Waals surface area (Å²) in [7, 11) is 0. The Kier molecular flexibility index (Phi) is 1.93. The molecule has 76 valence electrons. The molecule has 0 aliphatic carbocycles. The van der Waals surface area contributed by atoms with Gasteiger partial charge in [0.05, 0.1) is 24.0 Å². The molecule has 4 heteroatoms. The van der Waals surface area contributed by atoms with Crippen molar-refractivity contribution in [1.82, 2.24) is 0 Å². The van der Waals surface area contributed by atoms with E-state index in [0.717, 1.165) is 6.42 Å². The Bertz CT molecular complexity index is 220. The summed E-state index contributed by atoms with van der Waals surface area (Å²) in [6.07, 6.45) is -0.869.